The van der Waals surface area contributed by atoms with E-state index in [1.807, 2.05) is 33.3 Å². The molecule has 9 heteroatoms. The van der Waals surface area contributed by atoms with Gasteiger partial charge in [0.15, 0.2) is 17.6 Å². The minimum absolute atomic E-state index is 0. The summed E-state index contributed by atoms with van der Waals surface area (Å²) >= 11 is 0. The van der Waals surface area contributed by atoms with Crippen LogP contribution in [0.4, 0.5) is 8.78 Å². The standard InChI is InChI=1S/C20H27F2N5O.HI/c1-4-23-20(24-10-14(2)15-5-6-17(21)18(22)9-15)27-7-8-28-19(13-27)16-11-25-26(3)12-16;/h5-6,9,11-12,14,19H,4,7-8,10,13H2,1-3H3,(H,23,24);1H. The highest BCUT2D eigenvalue weighted by molar-refractivity contribution is 14.0. The number of nitrogens with one attached hydrogen (secondary N) is 1. The number of nitrogens with zero attached hydrogens (tertiary/aromatic N) is 4. The van der Waals surface area contributed by atoms with Gasteiger partial charge in [0.25, 0.3) is 0 Å². The molecule has 6 nitrogen and oxygen atoms in total. The fourth-order valence-electron chi connectivity index (χ4n) is 3.22. The number of rotatable bonds is 5. The number of aromatic nitrogens is 2. The number of morpholine rings is 1. The van der Waals surface area contributed by atoms with Crippen LogP contribution < -0.4 is 5.32 Å². The van der Waals surface area contributed by atoms with Crippen LogP contribution >= 0.6 is 24.0 Å². The molecule has 1 aromatic carbocycles. The van der Waals surface area contributed by atoms with Gasteiger partial charge >= 0.3 is 0 Å². The molecule has 160 valence electrons. The predicted octanol–water partition coefficient (Wildman–Crippen LogP) is 3.46. The van der Waals surface area contributed by atoms with Crippen molar-refractivity contribution >= 4 is 29.9 Å². The molecule has 2 atom stereocenters. The van der Waals surface area contributed by atoms with Crippen molar-refractivity contribution in [3.8, 4) is 0 Å². The number of aliphatic imine (C=N–C) groups is 1. The fourth-order valence-corrected chi connectivity index (χ4v) is 3.22. The molecule has 0 radical (unpaired) electrons. The van der Waals surface area contributed by atoms with E-state index in [9.17, 15) is 8.78 Å². The summed E-state index contributed by atoms with van der Waals surface area (Å²) in [6.45, 7) is 7.21. The SMILES string of the molecule is CCNC(=NCC(C)c1ccc(F)c(F)c1)N1CCOC(c2cnn(C)c2)C1.I. The van der Waals surface area contributed by atoms with E-state index in [-0.39, 0.29) is 36.0 Å². The Morgan fingerprint density at radius 2 is 2.17 bits per heavy atom. The number of ether oxygens (including phenoxy) is 1. The van der Waals surface area contributed by atoms with Crippen molar-refractivity contribution in [3.63, 3.8) is 0 Å². The summed E-state index contributed by atoms with van der Waals surface area (Å²) < 4.78 is 34.3. The van der Waals surface area contributed by atoms with Crippen molar-refractivity contribution in [2.75, 3.05) is 32.8 Å². The minimum Gasteiger partial charge on any atom is -0.370 e. The maximum Gasteiger partial charge on any atom is 0.194 e. The van der Waals surface area contributed by atoms with Crippen LogP contribution in [-0.2, 0) is 11.8 Å². The summed E-state index contributed by atoms with van der Waals surface area (Å²) in [5.74, 6) is -0.886. The zero-order chi connectivity index (χ0) is 20.1. The number of hydrogen-bond acceptors (Lipinski definition) is 3. The molecular weight excluding hydrogens is 491 g/mol. The highest BCUT2D eigenvalue weighted by Crippen LogP contribution is 2.22. The molecule has 0 aliphatic carbocycles. The summed E-state index contributed by atoms with van der Waals surface area (Å²) in [6, 6.07) is 4.02. The predicted molar refractivity (Wildman–Crippen MR) is 120 cm³/mol. The Kier molecular flexibility index (Phi) is 8.81. The van der Waals surface area contributed by atoms with Crippen molar-refractivity contribution < 1.29 is 13.5 Å². The van der Waals surface area contributed by atoms with E-state index in [4.69, 9.17) is 9.73 Å². The van der Waals surface area contributed by atoms with E-state index < -0.39 is 11.6 Å². The van der Waals surface area contributed by atoms with Crippen LogP contribution in [-0.4, -0.2) is 53.4 Å². The summed E-state index contributed by atoms with van der Waals surface area (Å²) in [6.07, 6.45) is 3.72. The van der Waals surface area contributed by atoms with E-state index >= 15 is 0 Å². The highest BCUT2D eigenvalue weighted by atomic mass is 127. The van der Waals surface area contributed by atoms with Gasteiger partial charge in [-0.3, -0.25) is 9.67 Å². The average Bonchev–Trinajstić information content (AvgIpc) is 3.13. The summed E-state index contributed by atoms with van der Waals surface area (Å²) in [4.78, 5) is 6.91. The fraction of sp³-hybridized carbons (Fsp3) is 0.500. The lowest BCUT2D eigenvalue weighted by Gasteiger charge is -2.35. The van der Waals surface area contributed by atoms with E-state index in [0.717, 1.165) is 36.2 Å². The molecule has 2 aromatic rings. The molecule has 1 fully saturated rings. The van der Waals surface area contributed by atoms with Gasteiger partial charge in [-0.1, -0.05) is 13.0 Å². The zero-order valence-electron chi connectivity index (χ0n) is 16.9. The maximum absolute atomic E-state index is 13.5. The lowest BCUT2D eigenvalue weighted by molar-refractivity contribution is -0.00804. The van der Waals surface area contributed by atoms with E-state index in [1.54, 1.807) is 10.7 Å². The van der Waals surface area contributed by atoms with Gasteiger partial charge in [0, 0.05) is 44.4 Å². The monoisotopic (exact) mass is 519 g/mol. The molecular formula is C20H28F2IN5O. The largest absolute Gasteiger partial charge is 0.370 e. The van der Waals surface area contributed by atoms with Gasteiger partial charge < -0.3 is 15.0 Å². The highest BCUT2D eigenvalue weighted by Gasteiger charge is 2.25. The Bertz CT molecular complexity index is 829. The first-order chi connectivity index (χ1) is 13.5. The third-order valence-corrected chi connectivity index (χ3v) is 4.83. The van der Waals surface area contributed by atoms with Crippen LogP contribution in [0.15, 0.2) is 35.6 Å². The van der Waals surface area contributed by atoms with Crippen molar-refractivity contribution in [1.82, 2.24) is 20.0 Å². The zero-order valence-corrected chi connectivity index (χ0v) is 19.3. The van der Waals surface area contributed by atoms with Crippen LogP contribution in [0.5, 0.6) is 0 Å². The Hall–Kier alpha value is -1.75. The molecule has 1 N–H and O–H groups in total. The Balaban J connectivity index is 0.00000300. The Labute approximate surface area is 187 Å². The van der Waals surface area contributed by atoms with Crippen LogP contribution in [0.25, 0.3) is 0 Å². The molecule has 1 aliphatic rings. The van der Waals surface area contributed by atoms with Crippen LogP contribution in [0.2, 0.25) is 0 Å². The number of hydrogen-bond donors (Lipinski definition) is 1. The lowest BCUT2D eigenvalue weighted by Crippen LogP contribution is -2.48. The molecule has 2 unspecified atom stereocenters. The first-order valence-electron chi connectivity index (χ1n) is 9.56. The summed E-state index contributed by atoms with van der Waals surface area (Å²) in [5, 5.41) is 7.54. The molecule has 0 bridgehead atoms. The summed E-state index contributed by atoms with van der Waals surface area (Å²) in [7, 11) is 1.88. The van der Waals surface area contributed by atoms with Gasteiger partial charge in [-0.2, -0.15) is 5.10 Å². The van der Waals surface area contributed by atoms with Gasteiger partial charge in [-0.05, 0) is 24.6 Å². The molecule has 1 aromatic heterocycles. The molecule has 0 saturated carbocycles. The van der Waals surface area contributed by atoms with Crippen molar-refractivity contribution in [3.05, 3.63) is 53.4 Å². The maximum atomic E-state index is 13.5. The van der Waals surface area contributed by atoms with Crippen molar-refractivity contribution in [1.29, 1.82) is 0 Å². The molecule has 1 saturated heterocycles. The van der Waals surface area contributed by atoms with Gasteiger partial charge in [0.1, 0.15) is 6.10 Å². The third-order valence-electron chi connectivity index (χ3n) is 4.83. The van der Waals surface area contributed by atoms with E-state index in [2.05, 4.69) is 15.3 Å². The molecule has 0 amide bonds. The number of benzene rings is 1. The second-order valence-electron chi connectivity index (χ2n) is 7.02. The molecule has 0 spiro atoms. The second kappa shape index (κ2) is 10.9. The van der Waals surface area contributed by atoms with Crippen molar-refractivity contribution in [2.24, 2.45) is 12.0 Å². The second-order valence-corrected chi connectivity index (χ2v) is 7.02. The lowest BCUT2D eigenvalue weighted by atomic mass is 10.0. The third kappa shape index (κ3) is 6.11. The molecule has 2 heterocycles. The average molecular weight is 519 g/mol. The smallest absolute Gasteiger partial charge is 0.194 e. The molecule has 29 heavy (non-hydrogen) atoms. The topological polar surface area (TPSA) is 54.7 Å². The minimum atomic E-state index is -0.831. The van der Waals surface area contributed by atoms with Crippen LogP contribution in [0.1, 0.15) is 37.0 Å². The Morgan fingerprint density at radius 1 is 1.38 bits per heavy atom. The van der Waals surface area contributed by atoms with Crippen LogP contribution in [0.3, 0.4) is 0 Å². The van der Waals surface area contributed by atoms with E-state index in [1.165, 1.54) is 6.07 Å². The van der Waals surface area contributed by atoms with Gasteiger partial charge in [-0.25, -0.2) is 8.78 Å². The Morgan fingerprint density at radius 3 is 2.83 bits per heavy atom. The quantitative estimate of drug-likeness (QED) is 0.374. The van der Waals surface area contributed by atoms with E-state index in [0.29, 0.717) is 19.7 Å². The van der Waals surface area contributed by atoms with Crippen molar-refractivity contribution in [2.45, 2.75) is 25.9 Å². The van der Waals surface area contributed by atoms with Crippen LogP contribution in [0, 0.1) is 11.6 Å². The normalized spacial score (nSPS) is 18.3. The number of aryl methyl sites for hydroxylation is 1. The number of guanidine groups is 1. The first kappa shape index (κ1) is 23.5. The number of halogens is 3. The van der Waals surface area contributed by atoms with Gasteiger partial charge in [0.05, 0.1) is 19.3 Å². The summed E-state index contributed by atoms with van der Waals surface area (Å²) in [5.41, 5.74) is 1.77. The molecule has 1 aliphatic heterocycles. The first-order valence-corrected chi connectivity index (χ1v) is 9.56. The van der Waals surface area contributed by atoms with Gasteiger partial charge in [-0.15, -0.1) is 24.0 Å². The van der Waals surface area contributed by atoms with Gasteiger partial charge in [0.2, 0.25) is 0 Å². The molecule has 3 rings (SSSR count).